The lowest BCUT2D eigenvalue weighted by molar-refractivity contribution is -0.105. The zero-order chi connectivity index (χ0) is 21.5. The van der Waals surface area contributed by atoms with Gasteiger partial charge in [-0.15, -0.1) is 0 Å². The highest BCUT2D eigenvalue weighted by atomic mass is 32.2. The largest absolute Gasteiger partial charge is 0.400 e. The Morgan fingerprint density at radius 3 is 2.63 bits per heavy atom. The molecule has 2 aromatic heterocycles. The fourth-order valence-corrected chi connectivity index (χ4v) is 4.28. The van der Waals surface area contributed by atoms with Crippen molar-refractivity contribution >= 4 is 21.7 Å². The average molecular weight is 433 g/mol. The summed E-state index contributed by atoms with van der Waals surface area (Å²) in [6.07, 6.45) is 0.469. The van der Waals surface area contributed by atoms with E-state index in [1.54, 1.807) is 47.5 Å². The number of alkyl halides is 3. The molecule has 0 saturated heterocycles. The monoisotopic (exact) mass is 433 g/mol. The molecule has 1 atom stereocenters. The molecule has 4 nitrogen and oxygen atoms in total. The zero-order valence-electron chi connectivity index (χ0n) is 15.7. The predicted molar refractivity (Wildman–Crippen MR) is 106 cm³/mol. The number of pyridine rings is 1. The number of benzene rings is 2. The van der Waals surface area contributed by atoms with Crippen molar-refractivity contribution in [2.24, 2.45) is 0 Å². The highest BCUT2D eigenvalue weighted by Gasteiger charge is 2.32. The van der Waals surface area contributed by atoms with Gasteiger partial charge < -0.3 is 0 Å². The third-order valence-corrected chi connectivity index (χ3v) is 6.05. The summed E-state index contributed by atoms with van der Waals surface area (Å²) in [7, 11) is -2.32. The third kappa shape index (κ3) is 4.11. The first kappa shape index (κ1) is 20.2. The Kier molecular flexibility index (Phi) is 5.15. The number of aromatic nitrogens is 3. The summed E-state index contributed by atoms with van der Waals surface area (Å²) in [6.45, 7) is 1.44. The van der Waals surface area contributed by atoms with Crippen LogP contribution in [0.2, 0.25) is 0 Å². The zero-order valence-corrected chi connectivity index (χ0v) is 16.5. The van der Waals surface area contributed by atoms with E-state index in [9.17, 15) is 21.8 Å². The fraction of sp³-hybridized carbons (Fsp3) is 0.143. The van der Waals surface area contributed by atoms with E-state index in [-0.39, 0.29) is 16.0 Å². The van der Waals surface area contributed by atoms with Gasteiger partial charge in [-0.2, -0.15) is 18.3 Å². The van der Waals surface area contributed by atoms with E-state index in [4.69, 9.17) is 0 Å². The second kappa shape index (κ2) is 7.64. The molecule has 2 aromatic carbocycles. The molecule has 0 saturated carbocycles. The third-order valence-electron chi connectivity index (χ3n) is 4.53. The summed E-state index contributed by atoms with van der Waals surface area (Å²) in [5.41, 5.74) is 2.17. The van der Waals surface area contributed by atoms with Crippen molar-refractivity contribution in [1.82, 2.24) is 14.8 Å². The normalized spacial score (nSPS) is 13.0. The van der Waals surface area contributed by atoms with Crippen LogP contribution in [0, 0.1) is 12.7 Å². The molecule has 154 valence electrons. The quantitative estimate of drug-likeness (QED) is 0.416. The van der Waals surface area contributed by atoms with E-state index < -0.39 is 28.5 Å². The second-order valence-corrected chi connectivity index (χ2v) is 8.18. The topological polar surface area (TPSA) is 47.8 Å². The van der Waals surface area contributed by atoms with Crippen LogP contribution in [0.25, 0.3) is 27.7 Å². The molecule has 0 aliphatic rings. The summed E-state index contributed by atoms with van der Waals surface area (Å²) in [5, 5.41) is 5.17. The number of fused-ring (bicyclic) bond motifs is 1. The molecule has 0 amide bonds. The van der Waals surface area contributed by atoms with Crippen LogP contribution >= 0.6 is 0 Å². The minimum absolute atomic E-state index is 0.0325. The first-order valence-electron chi connectivity index (χ1n) is 8.87. The summed E-state index contributed by atoms with van der Waals surface area (Å²) in [4.78, 5) is 4.02. The first-order chi connectivity index (χ1) is 14.2. The number of rotatable bonds is 4. The molecule has 30 heavy (non-hydrogen) atoms. The van der Waals surface area contributed by atoms with Crippen molar-refractivity contribution in [3.63, 3.8) is 0 Å². The van der Waals surface area contributed by atoms with Gasteiger partial charge in [0.1, 0.15) is 11.6 Å². The Morgan fingerprint density at radius 1 is 1.13 bits per heavy atom. The molecule has 0 bridgehead atoms. The predicted octanol–water partition coefficient (Wildman–Crippen LogP) is 5.20. The Balaban J connectivity index is 1.76. The Hall–Kier alpha value is -3.07. The van der Waals surface area contributed by atoms with E-state index in [0.29, 0.717) is 16.5 Å². The lowest BCUT2D eigenvalue weighted by Gasteiger charge is -2.12. The van der Waals surface area contributed by atoms with Gasteiger partial charge in [0.05, 0.1) is 28.2 Å². The second-order valence-electron chi connectivity index (χ2n) is 6.76. The van der Waals surface area contributed by atoms with Crippen molar-refractivity contribution < 1.29 is 21.8 Å². The molecule has 0 N–H and O–H groups in total. The number of nitrogens with zero attached hydrogens (tertiary/aromatic N) is 3. The van der Waals surface area contributed by atoms with Crippen LogP contribution in [-0.2, 0) is 10.8 Å². The molecule has 0 spiro atoms. The van der Waals surface area contributed by atoms with Gasteiger partial charge in [-0.1, -0.05) is 6.07 Å². The summed E-state index contributed by atoms with van der Waals surface area (Å²) < 4.78 is 66.5. The fourth-order valence-electron chi connectivity index (χ4n) is 3.16. The Bertz CT molecular complexity index is 1250. The average Bonchev–Trinajstić information content (AvgIpc) is 3.10. The van der Waals surface area contributed by atoms with Gasteiger partial charge in [-0.3, -0.25) is 9.19 Å². The summed E-state index contributed by atoms with van der Waals surface area (Å²) in [5.74, 6) is -2.07. The first-order valence-corrected chi connectivity index (χ1v) is 10.2. The van der Waals surface area contributed by atoms with Gasteiger partial charge >= 0.3 is 6.18 Å². The molecule has 0 aliphatic carbocycles. The van der Waals surface area contributed by atoms with Gasteiger partial charge in [0.2, 0.25) is 0 Å². The number of aryl methyl sites for hydroxylation is 1. The van der Waals surface area contributed by atoms with Gasteiger partial charge in [0, 0.05) is 28.2 Å². The van der Waals surface area contributed by atoms with Crippen molar-refractivity contribution in [2.75, 3.05) is 5.75 Å². The molecule has 4 rings (SSSR count). The summed E-state index contributed by atoms with van der Waals surface area (Å²) in [6, 6.07) is 11.0. The number of halogens is 4. The van der Waals surface area contributed by atoms with Crippen LogP contribution in [0.3, 0.4) is 0 Å². The molecule has 9 heteroatoms. The Morgan fingerprint density at radius 2 is 1.93 bits per heavy atom. The highest BCUT2D eigenvalue weighted by molar-refractivity contribution is 7.85. The molecule has 2 heterocycles. The van der Waals surface area contributed by atoms with Gasteiger partial charge in [-0.05, 0) is 54.4 Å². The molecule has 0 aliphatic heterocycles. The molecule has 4 aromatic rings. The highest BCUT2D eigenvalue weighted by Crippen LogP contribution is 2.31. The van der Waals surface area contributed by atoms with Crippen molar-refractivity contribution in [3.05, 3.63) is 72.4 Å². The smallest absolute Gasteiger partial charge is 0.262 e. The van der Waals surface area contributed by atoms with E-state index in [1.165, 1.54) is 13.0 Å². The molecule has 0 radical (unpaired) electrons. The Labute approximate surface area is 171 Å². The van der Waals surface area contributed by atoms with Gasteiger partial charge in [-0.25, -0.2) is 9.07 Å². The molecular weight excluding hydrogens is 418 g/mol. The van der Waals surface area contributed by atoms with Crippen LogP contribution < -0.4 is 0 Å². The number of hydrogen-bond acceptors (Lipinski definition) is 3. The van der Waals surface area contributed by atoms with Crippen LogP contribution in [0.4, 0.5) is 17.6 Å². The standard InChI is InChI=1S/C21H15F4N3OS/c1-13-7-18(22)17(9-20(13)30(29)12-21(23,24)25)14-4-5-19-15(8-14)11-28(27-19)16-3-2-6-26-10-16/h2-11H,12H2,1H3. The van der Waals surface area contributed by atoms with E-state index >= 15 is 0 Å². The van der Waals surface area contributed by atoms with Crippen LogP contribution in [0.15, 0.2) is 66.0 Å². The molecule has 1 unspecified atom stereocenters. The number of hydrogen-bond donors (Lipinski definition) is 0. The maximum absolute atomic E-state index is 14.6. The van der Waals surface area contributed by atoms with Crippen molar-refractivity contribution in [2.45, 2.75) is 18.0 Å². The van der Waals surface area contributed by atoms with Crippen molar-refractivity contribution in [1.29, 1.82) is 0 Å². The van der Waals surface area contributed by atoms with E-state index in [1.807, 2.05) is 6.07 Å². The minimum atomic E-state index is -4.58. The maximum atomic E-state index is 14.6. The van der Waals surface area contributed by atoms with E-state index in [0.717, 1.165) is 11.8 Å². The van der Waals surface area contributed by atoms with Gasteiger partial charge in [0.15, 0.2) is 0 Å². The SMILES string of the molecule is Cc1cc(F)c(-c2ccc3nn(-c4cccnc4)cc3c2)cc1S(=O)CC(F)(F)F. The lowest BCUT2D eigenvalue weighted by Crippen LogP contribution is -2.19. The lowest BCUT2D eigenvalue weighted by atomic mass is 10.0. The minimum Gasteiger partial charge on any atom is -0.262 e. The van der Waals surface area contributed by atoms with Crippen LogP contribution in [0.1, 0.15) is 5.56 Å². The molecule has 0 fully saturated rings. The molecular formula is C21H15F4N3OS. The summed E-state index contributed by atoms with van der Waals surface area (Å²) >= 11 is 0. The van der Waals surface area contributed by atoms with Crippen molar-refractivity contribution in [3.8, 4) is 16.8 Å². The van der Waals surface area contributed by atoms with Crippen LogP contribution in [0.5, 0.6) is 0 Å². The van der Waals surface area contributed by atoms with E-state index in [2.05, 4.69) is 10.1 Å². The van der Waals surface area contributed by atoms with Gasteiger partial charge in [0.25, 0.3) is 0 Å². The maximum Gasteiger partial charge on any atom is 0.400 e. The van der Waals surface area contributed by atoms with Crippen LogP contribution in [-0.4, -0.2) is 30.9 Å².